The number of piperazine rings is 1. The largest absolute Gasteiger partial charge is 0.491 e. The van der Waals surface area contributed by atoms with Crippen molar-refractivity contribution in [2.75, 3.05) is 63.9 Å². The number of aliphatic hydroxyl groups excluding tert-OH is 1. The number of ether oxygens (including phenoxy) is 1. The number of amides is 1. The fourth-order valence-electron chi connectivity index (χ4n) is 9.07. The fraction of sp³-hybridized carbons (Fsp3) is 0.698. The summed E-state index contributed by atoms with van der Waals surface area (Å²) in [6, 6.07) is 12.8. The zero-order chi connectivity index (χ0) is 37.9. The van der Waals surface area contributed by atoms with Gasteiger partial charge in [-0.05, 0) is 125 Å². The summed E-state index contributed by atoms with van der Waals surface area (Å²) < 4.78 is 21.9. The standard InChI is InChI=1S/C41H61ClN4O3S.C2H6O/c1-5-7-11-32(24-44-20-21-45-19-9-8-12-36(45)27-44)38-16-13-33(38)25-46-26-34(37-17-15-35(42)22-30(37)10-6-2)28-49-40-18-14-31(23-39(40)46)41(47)43-50(48)29(3)4;1-2-3/h14-15,17-18,22-23,29,32-34,36,38H,5-13,16,19-21,24-28H2,1-4H3,(H,43,47);3H,2H2,1H3. The molecule has 10 heteroatoms. The first-order valence-corrected chi connectivity index (χ1v) is 22.3. The van der Waals surface area contributed by atoms with E-state index in [-0.39, 0.29) is 23.7 Å². The van der Waals surface area contributed by atoms with Crippen molar-refractivity contribution in [3.05, 3.63) is 58.1 Å². The van der Waals surface area contributed by atoms with E-state index in [0.717, 1.165) is 54.4 Å². The maximum Gasteiger partial charge on any atom is 0.263 e. The highest BCUT2D eigenvalue weighted by atomic mass is 35.5. The Balaban J connectivity index is 0.00000175. The van der Waals surface area contributed by atoms with Crippen LogP contribution in [0.3, 0.4) is 0 Å². The molecule has 2 N–H and O–H groups in total. The van der Waals surface area contributed by atoms with Gasteiger partial charge in [0.05, 0.1) is 12.3 Å². The molecule has 2 saturated heterocycles. The molecule has 6 unspecified atom stereocenters. The summed E-state index contributed by atoms with van der Waals surface area (Å²) in [5.74, 6) is 2.73. The second-order valence-electron chi connectivity index (χ2n) is 16.1. The van der Waals surface area contributed by atoms with E-state index >= 15 is 0 Å². The molecule has 53 heavy (non-hydrogen) atoms. The van der Waals surface area contributed by atoms with E-state index < -0.39 is 11.0 Å². The molecule has 3 fully saturated rings. The topological polar surface area (TPSA) is 85.4 Å². The molecule has 1 amide bonds. The number of halogens is 1. The molecule has 6 atom stereocenters. The molecule has 6 rings (SSSR count). The van der Waals surface area contributed by atoms with Gasteiger partial charge in [0.15, 0.2) is 0 Å². The van der Waals surface area contributed by atoms with Crippen LogP contribution in [-0.4, -0.2) is 95.3 Å². The molecule has 296 valence electrons. The van der Waals surface area contributed by atoms with Crippen LogP contribution >= 0.6 is 11.6 Å². The van der Waals surface area contributed by atoms with Gasteiger partial charge in [0.2, 0.25) is 0 Å². The minimum Gasteiger partial charge on any atom is -0.491 e. The molecule has 4 aliphatic rings. The molecule has 1 aliphatic carbocycles. The summed E-state index contributed by atoms with van der Waals surface area (Å²) in [6.07, 6.45) is 12.6. The van der Waals surface area contributed by atoms with Crippen molar-refractivity contribution in [2.45, 2.75) is 116 Å². The summed E-state index contributed by atoms with van der Waals surface area (Å²) in [7, 11) is -1.44. The predicted molar refractivity (Wildman–Crippen MR) is 221 cm³/mol. The van der Waals surface area contributed by atoms with Crippen LogP contribution in [0.15, 0.2) is 36.4 Å². The molecule has 1 saturated carbocycles. The highest BCUT2D eigenvalue weighted by Crippen LogP contribution is 2.45. The van der Waals surface area contributed by atoms with Gasteiger partial charge >= 0.3 is 0 Å². The Morgan fingerprint density at radius 2 is 1.83 bits per heavy atom. The van der Waals surface area contributed by atoms with E-state index in [1.807, 2.05) is 38.1 Å². The van der Waals surface area contributed by atoms with Gasteiger partial charge in [-0.15, -0.1) is 0 Å². The minimum atomic E-state index is -1.44. The molecular weight excluding hydrogens is 704 g/mol. The van der Waals surface area contributed by atoms with Crippen molar-refractivity contribution < 1.29 is 18.8 Å². The number of nitrogens with one attached hydrogen (secondary N) is 1. The fourth-order valence-corrected chi connectivity index (χ4v) is 9.80. The second kappa shape index (κ2) is 20.7. The normalized spacial score (nSPS) is 24.4. The number of benzene rings is 2. The Morgan fingerprint density at radius 3 is 2.55 bits per heavy atom. The monoisotopic (exact) mass is 770 g/mol. The van der Waals surface area contributed by atoms with Crippen LogP contribution in [0.4, 0.5) is 5.69 Å². The lowest BCUT2D eigenvalue weighted by molar-refractivity contribution is 0.0163. The Kier molecular flexibility index (Phi) is 16.4. The Bertz CT molecular complexity index is 1490. The number of hydrogen-bond donors (Lipinski definition) is 2. The number of anilines is 1. The predicted octanol–water partition coefficient (Wildman–Crippen LogP) is 8.08. The number of hydrogen-bond acceptors (Lipinski definition) is 7. The van der Waals surface area contributed by atoms with E-state index in [1.165, 1.54) is 95.2 Å². The molecule has 0 spiro atoms. The van der Waals surface area contributed by atoms with E-state index in [9.17, 15) is 9.00 Å². The van der Waals surface area contributed by atoms with Crippen LogP contribution in [-0.2, 0) is 17.4 Å². The van der Waals surface area contributed by atoms with Gasteiger partial charge in [-0.1, -0.05) is 57.2 Å². The van der Waals surface area contributed by atoms with Crippen molar-refractivity contribution in [3.8, 4) is 5.75 Å². The summed E-state index contributed by atoms with van der Waals surface area (Å²) in [6.45, 7) is 18.7. The zero-order valence-electron chi connectivity index (χ0n) is 33.2. The molecule has 3 heterocycles. The lowest BCUT2D eigenvalue weighted by Crippen LogP contribution is -2.56. The summed E-state index contributed by atoms with van der Waals surface area (Å²) in [4.78, 5) is 21.4. The molecule has 2 aromatic rings. The van der Waals surface area contributed by atoms with Gasteiger partial charge in [0.1, 0.15) is 16.7 Å². The molecule has 0 bridgehead atoms. The van der Waals surface area contributed by atoms with Crippen molar-refractivity contribution in [1.82, 2.24) is 14.5 Å². The van der Waals surface area contributed by atoms with Crippen LogP contribution in [0.25, 0.3) is 0 Å². The number of rotatable bonds is 14. The Labute approximate surface area is 327 Å². The maximum absolute atomic E-state index is 13.3. The molecule has 0 aromatic heterocycles. The van der Waals surface area contributed by atoms with Crippen molar-refractivity contribution >= 4 is 34.2 Å². The zero-order valence-corrected chi connectivity index (χ0v) is 34.7. The van der Waals surface area contributed by atoms with E-state index in [1.54, 1.807) is 6.92 Å². The van der Waals surface area contributed by atoms with Gasteiger partial charge in [0.25, 0.3) is 5.91 Å². The molecular formula is C43H67ClN4O4S. The average Bonchev–Trinajstić information content (AvgIpc) is 3.31. The van der Waals surface area contributed by atoms with Crippen LogP contribution in [0.1, 0.15) is 120 Å². The Hall–Kier alpha value is -2.17. The quantitative estimate of drug-likeness (QED) is 0.201. The molecule has 3 aliphatic heterocycles. The van der Waals surface area contributed by atoms with Crippen LogP contribution in [0.5, 0.6) is 5.75 Å². The first-order chi connectivity index (χ1) is 25.6. The van der Waals surface area contributed by atoms with E-state index in [2.05, 4.69) is 45.4 Å². The third kappa shape index (κ3) is 11.2. The highest BCUT2D eigenvalue weighted by molar-refractivity contribution is 7.84. The minimum absolute atomic E-state index is 0.153. The summed E-state index contributed by atoms with van der Waals surface area (Å²) >= 11 is 6.50. The number of aliphatic hydroxyl groups is 1. The van der Waals surface area contributed by atoms with Gasteiger partial charge in [-0.3, -0.25) is 14.4 Å². The summed E-state index contributed by atoms with van der Waals surface area (Å²) in [5, 5.41) is 8.20. The molecule has 2 aromatic carbocycles. The lowest BCUT2D eigenvalue weighted by atomic mass is 9.65. The number of carbonyl (C=O) groups is 1. The molecule has 8 nitrogen and oxygen atoms in total. The number of carbonyl (C=O) groups excluding carboxylic acids is 1. The Morgan fingerprint density at radius 1 is 1.02 bits per heavy atom. The van der Waals surface area contributed by atoms with Crippen molar-refractivity contribution in [1.29, 1.82) is 0 Å². The molecule has 0 radical (unpaired) electrons. The number of aryl methyl sites for hydroxylation is 1. The lowest BCUT2D eigenvalue weighted by Gasteiger charge is -2.49. The number of unbranched alkanes of at least 4 members (excludes halogenated alkanes) is 1. The highest BCUT2D eigenvalue weighted by Gasteiger charge is 2.40. The third-order valence-electron chi connectivity index (χ3n) is 12.0. The third-order valence-corrected chi connectivity index (χ3v) is 13.5. The second-order valence-corrected chi connectivity index (χ2v) is 18.3. The smallest absolute Gasteiger partial charge is 0.263 e. The van der Waals surface area contributed by atoms with Gasteiger partial charge < -0.3 is 19.6 Å². The maximum atomic E-state index is 13.3. The first-order valence-electron chi connectivity index (χ1n) is 20.7. The SMILES string of the molecule is CCCCC(CN1CCN2CCCCC2C1)C1CCC1CN1CC(c2ccc(Cl)cc2CCC)COc2ccc(C(=O)NS(=O)C(C)C)cc21.CCO. The number of piperidine rings is 1. The van der Waals surface area contributed by atoms with Crippen LogP contribution in [0.2, 0.25) is 5.02 Å². The van der Waals surface area contributed by atoms with E-state index in [4.69, 9.17) is 21.4 Å². The number of nitrogens with zero attached hydrogens (tertiary/aromatic N) is 3. The van der Waals surface area contributed by atoms with E-state index in [0.29, 0.717) is 24.0 Å². The van der Waals surface area contributed by atoms with Crippen LogP contribution in [0, 0.1) is 17.8 Å². The average molecular weight is 772 g/mol. The van der Waals surface area contributed by atoms with Crippen LogP contribution < -0.4 is 14.4 Å². The van der Waals surface area contributed by atoms with Gasteiger partial charge in [0, 0.05) is 73.7 Å². The first kappa shape index (κ1) is 42.0. The van der Waals surface area contributed by atoms with Crippen molar-refractivity contribution in [2.24, 2.45) is 17.8 Å². The van der Waals surface area contributed by atoms with Gasteiger partial charge in [-0.2, -0.15) is 0 Å². The van der Waals surface area contributed by atoms with Gasteiger partial charge in [-0.25, -0.2) is 4.21 Å². The van der Waals surface area contributed by atoms with Crippen molar-refractivity contribution in [3.63, 3.8) is 0 Å². The number of fused-ring (bicyclic) bond motifs is 2. The summed E-state index contributed by atoms with van der Waals surface area (Å²) in [5.41, 5.74) is 4.11.